The van der Waals surface area contributed by atoms with Crippen molar-refractivity contribution >= 4 is 23.4 Å². The van der Waals surface area contributed by atoms with Crippen LogP contribution in [0.2, 0.25) is 5.02 Å². The zero-order chi connectivity index (χ0) is 20.0. The predicted octanol–water partition coefficient (Wildman–Crippen LogP) is 4.13. The summed E-state index contributed by atoms with van der Waals surface area (Å²) in [5.74, 6) is -0.288. The number of nitrogens with one attached hydrogen (secondary N) is 1. The first-order chi connectivity index (χ1) is 12.8. The first-order valence-electron chi connectivity index (χ1n) is 9.17. The Morgan fingerprint density at radius 3 is 2.19 bits per heavy atom. The van der Waals surface area contributed by atoms with E-state index in [9.17, 15) is 9.59 Å². The highest BCUT2D eigenvalue weighted by molar-refractivity contribution is 6.31. The Morgan fingerprint density at radius 2 is 1.59 bits per heavy atom. The van der Waals surface area contributed by atoms with Crippen molar-refractivity contribution in [3.8, 4) is 0 Å². The lowest BCUT2D eigenvalue weighted by Gasteiger charge is -2.30. The monoisotopic (exact) mass is 386 g/mol. The molecule has 0 aliphatic rings. The molecular weight excluding hydrogens is 360 g/mol. The van der Waals surface area contributed by atoms with Gasteiger partial charge in [0.25, 0.3) is 0 Å². The van der Waals surface area contributed by atoms with E-state index in [1.165, 1.54) is 0 Å². The van der Waals surface area contributed by atoms with E-state index >= 15 is 0 Å². The van der Waals surface area contributed by atoms with Gasteiger partial charge in [-0.1, -0.05) is 54.1 Å². The van der Waals surface area contributed by atoms with Gasteiger partial charge in [0.05, 0.1) is 6.42 Å². The molecule has 2 aromatic carbocycles. The topological polar surface area (TPSA) is 49.4 Å². The third-order valence-corrected chi connectivity index (χ3v) is 4.87. The van der Waals surface area contributed by atoms with Gasteiger partial charge in [-0.3, -0.25) is 9.59 Å². The molecule has 0 bridgehead atoms. The summed E-state index contributed by atoms with van der Waals surface area (Å²) < 4.78 is 0. The summed E-state index contributed by atoms with van der Waals surface area (Å²) in [4.78, 5) is 27.3. The molecule has 1 atom stereocenters. The van der Waals surface area contributed by atoms with Gasteiger partial charge in [-0.05, 0) is 50.5 Å². The summed E-state index contributed by atoms with van der Waals surface area (Å²) in [6.07, 6.45) is 0.158. The summed E-state index contributed by atoms with van der Waals surface area (Å²) >= 11 is 6.22. The molecule has 144 valence electrons. The minimum Gasteiger partial charge on any atom is -0.352 e. The summed E-state index contributed by atoms with van der Waals surface area (Å²) in [5, 5.41) is 3.45. The van der Waals surface area contributed by atoms with E-state index in [1.807, 2.05) is 63.2 Å². The SMILES string of the molecule is Cc1ccccc1CN(C(=O)Cc1ccccc1Cl)C(C)C(=O)NC(C)C. The van der Waals surface area contributed by atoms with Crippen molar-refractivity contribution in [2.24, 2.45) is 0 Å². The van der Waals surface area contributed by atoms with Gasteiger partial charge in [0.1, 0.15) is 6.04 Å². The second kappa shape index (κ2) is 9.56. The number of carbonyl (C=O) groups excluding carboxylic acids is 2. The molecular formula is C22H27ClN2O2. The molecule has 2 aromatic rings. The van der Waals surface area contributed by atoms with Gasteiger partial charge in [-0.25, -0.2) is 0 Å². The number of amides is 2. The van der Waals surface area contributed by atoms with Crippen molar-refractivity contribution in [3.05, 3.63) is 70.2 Å². The van der Waals surface area contributed by atoms with Crippen molar-refractivity contribution in [1.82, 2.24) is 10.2 Å². The molecule has 0 saturated carbocycles. The van der Waals surface area contributed by atoms with Crippen LogP contribution in [0.15, 0.2) is 48.5 Å². The van der Waals surface area contributed by atoms with Crippen LogP contribution in [0.25, 0.3) is 0 Å². The summed E-state index contributed by atoms with van der Waals surface area (Å²) in [6.45, 7) is 7.96. The van der Waals surface area contributed by atoms with Gasteiger partial charge in [0.2, 0.25) is 11.8 Å². The van der Waals surface area contributed by atoms with Crippen molar-refractivity contribution in [2.45, 2.75) is 52.7 Å². The van der Waals surface area contributed by atoms with Crippen LogP contribution in [0.5, 0.6) is 0 Å². The fourth-order valence-corrected chi connectivity index (χ4v) is 3.07. The summed E-state index contributed by atoms with van der Waals surface area (Å²) in [5.41, 5.74) is 2.87. The molecule has 0 heterocycles. The van der Waals surface area contributed by atoms with Gasteiger partial charge in [-0.2, -0.15) is 0 Å². The largest absolute Gasteiger partial charge is 0.352 e. The van der Waals surface area contributed by atoms with E-state index in [-0.39, 0.29) is 24.3 Å². The van der Waals surface area contributed by atoms with E-state index in [4.69, 9.17) is 11.6 Å². The second-order valence-electron chi connectivity index (χ2n) is 7.06. The lowest BCUT2D eigenvalue weighted by atomic mass is 10.1. The maximum Gasteiger partial charge on any atom is 0.242 e. The van der Waals surface area contributed by atoms with E-state index in [0.717, 1.165) is 16.7 Å². The van der Waals surface area contributed by atoms with Crippen LogP contribution in [0, 0.1) is 6.92 Å². The highest BCUT2D eigenvalue weighted by Crippen LogP contribution is 2.19. The van der Waals surface area contributed by atoms with Gasteiger partial charge in [0, 0.05) is 17.6 Å². The van der Waals surface area contributed by atoms with Crippen LogP contribution in [-0.2, 0) is 22.6 Å². The Bertz CT molecular complexity index is 804. The Kier molecular flexibility index (Phi) is 7.43. The van der Waals surface area contributed by atoms with Crippen LogP contribution < -0.4 is 5.32 Å². The average molecular weight is 387 g/mol. The van der Waals surface area contributed by atoms with Crippen LogP contribution in [0.4, 0.5) is 0 Å². The third kappa shape index (κ3) is 5.83. The predicted molar refractivity (Wildman–Crippen MR) is 110 cm³/mol. The van der Waals surface area contributed by atoms with Gasteiger partial charge < -0.3 is 10.2 Å². The number of hydrogen-bond acceptors (Lipinski definition) is 2. The van der Waals surface area contributed by atoms with Crippen LogP contribution in [-0.4, -0.2) is 28.8 Å². The molecule has 0 spiro atoms. The zero-order valence-electron chi connectivity index (χ0n) is 16.3. The molecule has 0 saturated heterocycles. The molecule has 0 aliphatic carbocycles. The van der Waals surface area contributed by atoms with Crippen molar-refractivity contribution in [2.75, 3.05) is 0 Å². The fraction of sp³-hybridized carbons (Fsp3) is 0.364. The molecule has 2 rings (SSSR count). The Hall–Kier alpha value is -2.33. The first kappa shape index (κ1) is 21.0. The molecule has 5 heteroatoms. The highest BCUT2D eigenvalue weighted by Gasteiger charge is 2.27. The maximum atomic E-state index is 13.1. The summed E-state index contributed by atoms with van der Waals surface area (Å²) in [6, 6.07) is 14.6. The van der Waals surface area contributed by atoms with Gasteiger partial charge in [-0.15, -0.1) is 0 Å². The quantitative estimate of drug-likeness (QED) is 0.777. The molecule has 2 amide bonds. The van der Waals surface area contributed by atoms with Crippen molar-refractivity contribution in [3.63, 3.8) is 0 Å². The second-order valence-corrected chi connectivity index (χ2v) is 7.46. The number of hydrogen-bond donors (Lipinski definition) is 1. The maximum absolute atomic E-state index is 13.1. The number of aryl methyl sites for hydroxylation is 1. The van der Waals surface area contributed by atoms with E-state index in [0.29, 0.717) is 11.6 Å². The first-order valence-corrected chi connectivity index (χ1v) is 9.55. The van der Waals surface area contributed by atoms with E-state index < -0.39 is 6.04 Å². The standard InChI is InChI=1S/C22H27ClN2O2/c1-15(2)24-22(27)17(4)25(14-19-11-6-5-9-16(19)3)21(26)13-18-10-7-8-12-20(18)23/h5-12,15,17H,13-14H2,1-4H3,(H,24,27). The molecule has 0 radical (unpaired) electrons. The van der Waals surface area contributed by atoms with Gasteiger partial charge >= 0.3 is 0 Å². The lowest BCUT2D eigenvalue weighted by Crippen LogP contribution is -2.49. The molecule has 27 heavy (non-hydrogen) atoms. The Balaban J connectivity index is 2.27. The van der Waals surface area contributed by atoms with E-state index in [1.54, 1.807) is 17.9 Å². The fourth-order valence-electron chi connectivity index (χ4n) is 2.86. The Morgan fingerprint density at radius 1 is 1.00 bits per heavy atom. The highest BCUT2D eigenvalue weighted by atomic mass is 35.5. The number of nitrogens with zero attached hydrogens (tertiary/aromatic N) is 1. The molecule has 0 aromatic heterocycles. The molecule has 0 fully saturated rings. The molecule has 4 nitrogen and oxygen atoms in total. The van der Waals surface area contributed by atoms with Crippen LogP contribution in [0.3, 0.4) is 0 Å². The average Bonchev–Trinajstić information content (AvgIpc) is 2.61. The lowest BCUT2D eigenvalue weighted by molar-refractivity contribution is -0.140. The normalized spacial score (nSPS) is 11.9. The number of rotatable bonds is 7. The molecule has 1 N–H and O–H groups in total. The minimum atomic E-state index is -0.581. The van der Waals surface area contributed by atoms with Crippen LogP contribution in [0.1, 0.15) is 37.5 Å². The van der Waals surface area contributed by atoms with Crippen LogP contribution >= 0.6 is 11.6 Å². The van der Waals surface area contributed by atoms with E-state index in [2.05, 4.69) is 5.32 Å². The summed E-state index contributed by atoms with van der Waals surface area (Å²) in [7, 11) is 0. The molecule has 1 unspecified atom stereocenters. The zero-order valence-corrected chi connectivity index (χ0v) is 17.1. The van der Waals surface area contributed by atoms with Crippen molar-refractivity contribution < 1.29 is 9.59 Å². The smallest absolute Gasteiger partial charge is 0.242 e. The number of carbonyl (C=O) groups is 2. The number of halogens is 1. The minimum absolute atomic E-state index is 0.0129. The third-order valence-electron chi connectivity index (χ3n) is 4.50. The Labute approximate surface area is 166 Å². The van der Waals surface area contributed by atoms with Crippen molar-refractivity contribution in [1.29, 1.82) is 0 Å². The number of benzene rings is 2. The molecule has 0 aliphatic heterocycles. The van der Waals surface area contributed by atoms with Gasteiger partial charge in [0.15, 0.2) is 0 Å².